The third-order valence-electron chi connectivity index (χ3n) is 2.89. The minimum atomic E-state index is -0.894. The Hall–Kier alpha value is -2.04. The third kappa shape index (κ3) is 3.00. The highest BCUT2D eigenvalue weighted by Gasteiger charge is 2.28. The molecule has 18 heavy (non-hydrogen) atoms. The molecule has 0 saturated heterocycles. The van der Waals surface area contributed by atoms with Gasteiger partial charge in [-0.05, 0) is 31.9 Å². The second kappa shape index (κ2) is 5.08. The van der Waals surface area contributed by atoms with E-state index in [1.54, 1.807) is 39.1 Å². The van der Waals surface area contributed by atoms with Crippen molar-refractivity contribution in [2.24, 2.45) is 11.1 Å². The fourth-order valence-electron chi connectivity index (χ4n) is 1.66. The van der Waals surface area contributed by atoms with Gasteiger partial charge in [0, 0.05) is 12.7 Å². The fraction of sp³-hybridized carbons (Fsp3) is 0.385. The Labute approximate surface area is 106 Å². The van der Waals surface area contributed by atoms with Gasteiger partial charge in [-0.2, -0.15) is 0 Å². The molecule has 0 aliphatic carbocycles. The van der Waals surface area contributed by atoms with Crippen molar-refractivity contribution in [3.63, 3.8) is 0 Å². The van der Waals surface area contributed by atoms with Gasteiger partial charge in [-0.1, -0.05) is 18.2 Å². The number of carboxylic acids is 1. The number of benzene rings is 1. The largest absolute Gasteiger partial charge is 0.481 e. The van der Waals surface area contributed by atoms with Gasteiger partial charge in [-0.3, -0.25) is 9.69 Å². The number of aliphatic carboxylic acids is 1. The zero-order valence-corrected chi connectivity index (χ0v) is 10.8. The minimum Gasteiger partial charge on any atom is -0.481 e. The van der Waals surface area contributed by atoms with Crippen molar-refractivity contribution in [2.45, 2.75) is 20.3 Å². The molecule has 0 atom stereocenters. The van der Waals surface area contributed by atoms with Crippen LogP contribution < -0.4 is 10.6 Å². The number of nitrogens with two attached hydrogens (primary N) is 1. The summed E-state index contributed by atoms with van der Waals surface area (Å²) in [4.78, 5) is 23.6. The summed E-state index contributed by atoms with van der Waals surface area (Å²) < 4.78 is 0. The Morgan fingerprint density at radius 3 is 2.39 bits per heavy atom. The molecular formula is C13H18N2O3. The summed E-state index contributed by atoms with van der Waals surface area (Å²) in [7, 11) is 1.56. The Morgan fingerprint density at radius 1 is 1.33 bits per heavy atom. The molecular weight excluding hydrogens is 232 g/mol. The molecule has 98 valence electrons. The van der Waals surface area contributed by atoms with Crippen LogP contribution in [-0.4, -0.2) is 24.2 Å². The normalized spacial score (nSPS) is 11.1. The first-order valence-corrected chi connectivity index (χ1v) is 5.60. The smallest absolute Gasteiger partial charge is 0.319 e. The van der Waals surface area contributed by atoms with Crippen molar-refractivity contribution in [3.05, 3.63) is 29.8 Å². The molecule has 1 aromatic carbocycles. The summed E-state index contributed by atoms with van der Waals surface area (Å²) in [6.07, 6.45) is 0.329. The number of urea groups is 1. The second-order valence-electron chi connectivity index (χ2n) is 4.89. The Bertz CT molecular complexity index is 469. The number of carbonyl (C=O) groups is 2. The molecule has 0 unspecified atom stereocenters. The van der Waals surface area contributed by atoms with Crippen LogP contribution in [0.25, 0.3) is 0 Å². The highest BCUT2D eigenvalue weighted by Crippen LogP contribution is 2.28. The predicted octanol–water partition coefficient (Wildman–Crippen LogP) is 1.85. The third-order valence-corrected chi connectivity index (χ3v) is 2.89. The van der Waals surface area contributed by atoms with Crippen LogP contribution in [0.5, 0.6) is 0 Å². The Morgan fingerprint density at radius 2 is 1.89 bits per heavy atom. The highest BCUT2D eigenvalue weighted by molar-refractivity contribution is 5.91. The summed E-state index contributed by atoms with van der Waals surface area (Å²) in [5.41, 5.74) is 5.76. The molecule has 0 spiro atoms. The lowest BCUT2D eigenvalue weighted by Gasteiger charge is -2.24. The summed E-state index contributed by atoms with van der Waals surface area (Å²) in [6.45, 7) is 3.30. The van der Waals surface area contributed by atoms with E-state index in [4.69, 9.17) is 10.8 Å². The quantitative estimate of drug-likeness (QED) is 0.855. The van der Waals surface area contributed by atoms with Crippen molar-refractivity contribution in [2.75, 3.05) is 11.9 Å². The standard InChI is InChI=1S/C13H18N2O3/c1-13(2,11(16)17)8-9-6-4-5-7-10(9)15(3)12(14)18/h4-7H,8H2,1-3H3,(H2,14,18)(H,16,17). The molecule has 2 amide bonds. The van der Waals surface area contributed by atoms with E-state index in [0.29, 0.717) is 12.1 Å². The molecule has 5 nitrogen and oxygen atoms in total. The number of amides is 2. The minimum absolute atomic E-state index is 0.329. The highest BCUT2D eigenvalue weighted by atomic mass is 16.4. The number of para-hydroxylation sites is 1. The maximum Gasteiger partial charge on any atom is 0.319 e. The van der Waals surface area contributed by atoms with E-state index in [2.05, 4.69) is 0 Å². The first-order chi connectivity index (χ1) is 8.25. The fourth-order valence-corrected chi connectivity index (χ4v) is 1.66. The number of nitrogens with zero attached hydrogens (tertiary/aromatic N) is 1. The van der Waals surface area contributed by atoms with Gasteiger partial charge in [0.15, 0.2) is 0 Å². The predicted molar refractivity (Wildman–Crippen MR) is 69.5 cm³/mol. The molecule has 0 aliphatic rings. The molecule has 0 fully saturated rings. The molecule has 0 heterocycles. The lowest BCUT2D eigenvalue weighted by molar-refractivity contribution is -0.146. The van der Waals surface area contributed by atoms with Gasteiger partial charge in [-0.25, -0.2) is 4.79 Å². The lowest BCUT2D eigenvalue weighted by Crippen LogP contribution is -2.33. The van der Waals surface area contributed by atoms with Crippen LogP contribution >= 0.6 is 0 Å². The van der Waals surface area contributed by atoms with Gasteiger partial charge in [0.1, 0.15) is 0 Å². The first kappa shape index (κ1) is 14.0. The van der Waals surface area contributed by atoms with E-state index < -0.39 is 17.4 Å². The number of hydrogen-bond donors (Lipinski definition) is 2. The zero-order chi connectivity index (χ0) is 13.9. The van der Waals surface area contributed by atoms with E-state index in [9.17, 15) is 9.59 Å². The Balaban J connectivity index is 3.11. The van der Waals surface area contributed by atoms with E-state index >= 15 is 0 Å². The van der Waals surface area contributed by atoms with Crippen molar-refractivity contribution in [3.8, 4) is 0 Å². The molecule has 0 bridgehead atoms. The van der Waals surface area contributed by atoms with Crippen LogP contribution in [0, 0.1) is 5.41 Å². The molecule has 3 N–H and O–H groups in total. The van der Waals surface area contributed by atoms with Crippen LogP contribution in [0.15, 0.2) is 24.3 Å². The lowest BCUT2D eigenvalue weighted by atomic mass is 9.85. The summed E-state index contributed by atoms with van der Waals surface area (Å²) in [5.74, 6) is -0.876. The van der Waals surface area contributed by atoms with Gasteiger partial charge in [0.25, 0.3) is 0 Å². The summed E-state index contributed by atoms with van der Waals surface area (Å²) >= 11 is 0. The van der Waals surface area contributed by atoms with Crippen LogP contribution in [-0.2, 0) is 11.2 Å². The molecule has 0 saturated carbocycles. The van der Waals surface area contributed by atoms with Gasteiger partial charge < -0.3 is 10.8 Å². The Kier molecular flexibility index (Phi) is 3.96. The van der Waals surface area contributed by atoms with Crippen LogP contribution in [0.2, 0.25) is 0 Å². The molecule has 1 aromatic rings. The number of carboxylic acid groups (broad SMARTS) is 1. The van der Waals surface area contributed by atoms with Gasteiger partial charge in [-0.15, -0.1) is 0 Å². The second-order valence-corrected chi connectivity index (χ2v) is 4.89. The van der Waals surface area contributed by atoms with Crippen LogP contribution in [0.1, 0.15) is 19.4 Å². The van der Waals surface area contributed by atoms with Crippen LogP contribution in [0.4, 0.5) is 10.5 Å². The van der Waals surface area contributed by atoms with Gasteiger partial charge >= 0.3 is 12.0 Å². The van der Waals surface area contributed by atoms with E-state index in [1.165, 1.54) is 4.90 Å². The van der Waals surface area contributed by atoms with Crippen molar-refractivity contribution in [1.82, 2.24) is 0 Å². The van der Waals surface area contributed by atoms with Gasteiger partial charge in [0.05, 0.1) is 5.41 Å². The maximum absolute atomic E-state index is 11.2. The topological polar surface area (TPSA) is 83.6 Å². The molecule has 5 heteroatoms. The van der Waals surface area contributed by atoms with E-state index in [1.807, 2.05) is 6.07 Å². The zero-order valence-electron chi connectivity index (χ0n) is 10.8. The first-order valence-electron chi connectivity index (χ1n) is 5.60. The number of hydrogen-bond acceptors (Lipinski definition) is 2. The van der Waals surface area contributed by atoms with Crippen LogP contribution in [0.3, 0.4) is 0 Å². The number of primary amides is 1. The van der Waals surface area contributed by atoms with Crippen molar-refractivity contribution >= 4 is 17.7 Å². The number of rotatable bonds is 4. The number of carbonyl (C=O) groups excluding carboxylic acids is 1. The SMILES string of the molecule is CN(C(N)=O)c1ccccc1CC(C)(C)C(=O)O. The monoisotopic (exact) mass is 250 g/mol. The summed E-state index contributed by atoms with van der Waals surface area (Å²) in [5, 5.41) is 9.14. The average Bonchev–Trinajstić information content (AvgIpc) is 2.28. The molecule has 0 aromatic heterocycles. The van der Waals surface area contributed by atoms with E-state index in [-0.39, 0.29) is 0 Å². The van der Waals surface area contributed by atoms with Crippen molar-refractivity contribution < 1.29 is 14.7 Å². The van der Waals surface area contributed by atoms with E-state index in [0.717, 1.165) is 5.56 Å². The number of anilines is 1. The molecule has 1 rings (SSSR count). The molecule has 0 aliphatic heterocycles. The maximum atomic E-state index is 11.2. The van der Waals surface area contributed by atoms with Crippen molar-refractivity contribution in [1.29, 1.82) is 0 Å². The average molecular weight is 250 g/mol. The van der Waals surface area contributed by atoms with Gasteiger partial charge in [0.2, 0.25) is 0 Å². The molecule has 0 radical (unpaired) electrons. The summed E-state index contributed by atoms with van der Waals surface area (Å²) in [6, 6.07) is 6.57.